The van der Waals surface area contributed by atoms with Gasteiger partial charge in [-0.15, -0.1) is 0 Å². The molecule has 2 saturated heterocycles. The van der Waals surface area contributed by atoms with E-state index in [2.05, 4.69) is 13.8 Å². The van der Waals surface area contributed by atoms with E-state index in [1.165, 1.54) is 6.42 Å². The molecule has 0 N–H and O–H groups in total. The van der Waals surface area contributed by atoms with Gasteiger partial charge in [-0.1, -0.05) is 0 Å². The van der Waals surface area contributed by atoms with Gasteiger partial charge in [0.15, 0.2) is 6.61 Å². The van der Waals surface area contributed by atoms with Crippen LogP contribution in [0.1, 0.15) is 50.4 Å². The Bertz CT molecular complexity index is 651. The van der Waals surface area contributed by atoms with E-state index >= 15 is 0 Å². The molecule has 0 saturated carbocycles. The molecule has 1 aromatic carbocycles. The first-order chi connectivity index (χ1) is 13.0. The van der Waals surface area contributed by atoms with Crippen LogP contribution in [-0.4, -0.2) is 66.1 Å². The smallest absolute Gasteiger partial charge is 0.260 e. The van der Waals surface area contributed by atoms with E-state index in [4.69, 9.17) is 9.47 Å². The molecule has 148 valence electrons. The third-order valence-electron chi connectivity index (χ3n) is 5.57. The lowest BCUT2D eigenvalue weighted by atomic mass is 9.97. The Morgan fingerprint density at radius 1 is 1.07 bits per heavy atom. The predicted octanol–water partition coefficient (Wildman–Crippen LogP) is 2.72. The highest BCUT2D eigenvalue weighted by atomic mass is 16.5. The number of ether oxygens (including phenoxy) is 2. The van der Waals surface area contributed by atoms with Crippen molar-refractivity contribution in [2.75, 3.05) is 26.4 Å². The number of rotatable bonds is 4. The molecule has 2 aliphatic heterocycles. The fourth-order valence-corrected chi connectivity index (χ4v) is 4.02. The van der Waals surface area contributed by atoms with Gasteiger partial charge in [-0.3, -0.25) is 9.59 Å². The first-order valence-corrected chi connectivity index (χ1v) is 9.90. The molecule has 3 rings (SSSR count). The van der Waals surface area contributed by atoms with Crippen molar-refractivity contribution in [2.45, 2.75) is 58.2 Å². The van der Waals surface area contributed by atoms with Gasteiger partial charge in [0.05, 0.1) is 19.3 Å². The number of benzene rings is 1. The monoisotopic (exact) mass is 374 g/mol. The summed E-state index contributed by atoms with van der Waals surface area (Å²) >= 11 is 0. The average molecular weight is 374 g/mol. The first kappa shape index (κ1) is 19.7. The van der Waals surface area contributed by atoms with Crippen molar-refractivity contribution >= 4 is 11.8 Å². The zero-order chi connectivity index (χ0) is 19.4. The van der Waals surface area contributed by atoms with E-state index in [1.54, 1.807) is 24.3 Å². The minimum atomic E-state index is 0.00407. The lowest BCUT2D eigenvalue weighted by Crippen LogP contribution is -2.49. The summed E-state index contributed by atoms with van der Waals surface area (Å²) in [5.41, 5.74) is 0.626. The SMILES string of the molecule is CC1COCCN1C(=O)c1ccc(OCC(=O)N2C(C)CCCC2C)cc1. The van der Waals surface area contributed by atoms with Crippen LogP contribution >= 0.6 is 0 Å². The van der Waals surface area contributed by atoms with Crippen molar-refractivity contribution in [3.63, 3.8) is 0 Å². The Labute approximate surface area is 161 Å². The molecule has 2 aliphatic rings. The van der Waals surface area contributed by atoms with E-state index in [9.17, 15) is 9.59 Å². The number of morpholine rings is 1. The van der Waals surface area contributed by atoms with Gasteiger partial charge < -0.3 is 19.3 Å². The molecule has 2 heterocycles. The molecule has 2 fully saturated rings. The average Bonchev–Trinajstić information content (AvgIpc) is 2.66. The van der Waals surface area contributed by atoms with Gasteiger partial charge >= 0.3 is 0 Å². The number of likely N-dealkylation sites (tertiary alicyclic amines) is 1. The van der Waals surface area contributed by atoms with Crippen LogP contribution in [0, 0.1) is 0 Å². The molecule has 1 aromatic rings. The van der Waals surface area contributed by atoms with Crippen molar-refractivity contribution in [2.24, 2.45) is 0 Å². The number of carbonyl (C=O) groups excluding carboxylic acids is 2. The largest absolute Gasteiger partial charge is 0.484 e. The van der Waals surface area contributed by atoms with Crippen molar-refractivity contribution < 1.29 is 19.1 Å². The molecular weight excluding hydrogens is 344 g/mol. The van der Waals surface area contributed by atoms with Gasteiger partial charge in [0.1, 0.15) is 5.75 Å². The Hall–Kier alpha value is -2.08. The number of hydrogen-bond donors (Lipinski definition) is 0. The molecule has 3 atom stereocenters. The normalized spacial score (nSPS) is 26.0. The van der Waals surface area contributed by atoms with Crippen LogP contribution in [0.3, 0.4) is 0 Å². The van der Waals surface area contributed by atoms with Crippen LogP contribution in [0.4, 0.5) is 0 Å². The second-order valence-electron chi connectivity index (χ2n) is 7.67. The van der Waals surface area contributed by atoms with Gasteiger partial charge in [0, 0.05) is 24.2 Å². The van der Waals surface area contributed by atoms with Gasteiger partial charge in [0.25, 0.3) is 11.8 Å². The molecule has 0 spiro atoms. The second-order valence-corrected chi connectivity index (χ2v) is 7.67. The van der Waals surface area contributed by atoms with Gasteiger partial charge in [0.2, 0.25) is 0 Å². The number of carbonyl (C=O) groups is 2. The van der Waals surface area contributed by atoms with Crippen molar-refractivity contribution in [3.05, 3.63) is 29.8 Å². The Morgan fingerprint density at radius 3 is 2.37 bits per heavy atom. The minimum Gasteiger partial charge on any atom is -0.484 e. The minimum absolute atomic E-state index is 0.00407. The van der Waals surface area contributed by atoms with Gasteiger partial charge in [-0.2, -0.15) is 0 Å². The molecular formula is C21H30N2O4. The van der Waals surface area contributed by atoms with Crippen LogP contribution in [0.5, 0.6) is 5.75 Å². The first-order valence-electron chi connectivity index (χ1n) is 9.90. The van der Waals surface area contributed by atoms with Crippen molar-refractivity contribution in [3.8, 4) is 5.75 Å². The molecule has 2 amide bonds. The van der Waals surface area contributed by atoms with Crippen LogP contribution in [0.2, 0.25) is 0 Å². The van der Waals surface area contributed by atoms with Gasteiger partial charge in [-0.25, -0.2) is 0 Å². The second kappa shape index (κ2) is 8.74. The summed E-state index contributed by atoms with van der Waals surface area (Å²) in [4.78, 5) is 29.0. The van der Waals surface area contributed by atoms with E-state index in [1.807, 2.05) is 16.7 Å². The number of amides is 2. The Kier molecular flexibility index (Phi) is 6.37. The third-order valence-corrected chi connectivity index (χ3v) is 5.57. The fourth-order valence-electron chi connectivity index (χ4n) is 4.02. The molecule has 0 bridgehead atoms. The lowest BCUT2D eigenvalue weighted by molar-refractivity contribution is -0.139. The molecule has 27 heavy (non-hydrogen) atoms. The van der Waals surface area contributed by atoms with E-state index in [-0.39, 0.29) is 36.5 Å². The summed E-state index contributed by atoms with van der Waals surface area (Å²) in [6.45, 7) is 7.97. The van der Waals surface area contributed by atoms with E-state index in [0.717, 1.165) is 12.8 Å². The molecule has 0 radical (unpaired) electrons. The quantitative estimate of drug-likeness (QED) is 0.813. The summed E-state index contributed by atoms with van der Waals surface area (Å²) in [7, 11) is 0. The summed E-state index contributed by atoms with van der Waals surface area (Å²) in [5, 5.41) is 0. The molecule has 0 aromatic heterocycles. The van der Waals surface area contributed by atoms with Crippen LogP contribution in [0.15, 0.2) is 24.3 Å². The molecule has 6 nitrogen and oxygen atoms in total. The molecule has 3 unspecified atom stereocenters. The van der Waals surface area contributed by atoms with E-state index in [0.29, 0.717) is 31.1 Å². The van der Waals surface area contributed by atoms with Crippen molar-refractivity contribution in [1.29, 1.82) is 0 Å². The Morgan fingerprint density at radius 2 is 1.74 bits per heavy atom. The lowest BCUT2D eigenvalue weighted by Gasteiger charge is -2.39. The number of nitrogens with zero attached hydrogens (tertiary/aromatic N) is 2. The maximum Gasteiger partial charge on any atom is 0.260 e. The highest BCUT2D eigenvalue weighted by molar-refractivity contribution is 5.94. The molecule has 0 aliphatic carbocycles. The standard InChI is InChI=1S/C21H30N2O4/c1-15-5-4-6-16(2)23(15)20(24)14-27-19-9-7-18(8-10-19)21(25)22-11-12-26-13-17(22)3/h7-10,15-17H,4-6,11-14H2,1-3H3. The fraction of sp³-hybridized carbons (Fsp3) is 0.619. The summed E-state index contributed by atoms with van der Waals surface area (Å²) in [6, 6.07) is 7.64. The number of hydrogen-bond acceptors (Lipinski definition) is 4. The third kappa shape index (κ3) is 4.61. The number of piperidine rings is 1. The summed E-state index contributed by atoms with van der Waals surface area (Å²) in [6.07, 6.45) is 3.27. The maximum atomic E-state index is 12.6. The van der Waals surface area contributed by atoms with Crippen LogP contribution in [-0.2, 0) is 9.53 Å². The zero-order valence-electron chi connectivity index (χ0n) is 16.5. The van der Waals surface area contributed by atoms with Crippen LogP contribution in [0.25, 0.3) is 0 Å². The summed E-state index contributed by atoms with van der Waals surface area (Å²) in [5.74, 6) is 0.633. The zero-order valence-corrected chi connectivity index (χ0v) is 16.5. The van der Waals surface area contributed by atoms with Crippen molar-refractivity contribution in [1.82, 2.24) is 9.80 Å². The summed E-state index contributed by atoms with van der Waals surface area (Å²) < 4.78 is 11.1. The highest BCUT2D eigenvalue weighted by Crippen LogP contribution is 2.23. The predicted molar refractivity (Wildman–Crippen MR) is 103 cm³/mol. The highest BCUT2D eigenvalue weighted by Gasteiger charge is 2.29. The van der Waals surface area contributed by atoms with E-state index < -0.39 is 0 Å². The topological polar surface area (TPSA) is 59.1 Å². The Balaban J connectivity index is 1.56. The molecule has 6 heteroatoms. The maximum absolute atomic E-state index is 12.6. The van der Waals surface area contributed by atoms with Crippen LogP contribution < -0.4 is 4.74 Å². The van der Waals surface area contributed by atoms with Gasteiger partial charge in [-0.05, 0) is 64.3 Å².